The van der Waals surface area contributed by atoms with Crippen molar-refractivity contribution in [3.8, 4) is 16.1 Å². The molecule has 0 amide bonds. The van der Waals surface area contributed by atoms with Crippen LogP contribution < -0.4 is 26.4 Å². The Hall–Kier alpha value is -2.50. The average molecular weight is 509 g/mol. The van der Waals surface area contributed by atoms with Crippen molar-refractivity contribution < 1.29 is 39.0 Å². The maximum atomic E-state index is 13.2. The molecular formula is C21H16ClINO4-. The van der Waals surface area contributed by atoms with Crippen LogP contribution in [0, 0.1) is 17.3 Å². The number of halogens is 2. The van der Waals surface area contributed by atoms with Crippen molar-refractivity contribution in [3.63, 3.8) is 0 Å². The number of nitrogens with zero attached hydrogens (tertiary/aromatic N) is 1. The monoisotopic (exact) mass is 508 g/mol. The van der Waals surface area contributed by atoms with E-state index in [-0.39, 0.29) is 12.3 Å². The molecule has 0 radical (unpaired) electrons. The van der Waals surface area contributed by atoms with E-state index in [2.05, 4.69) is 3.93 Å². The number of carbonyl (C=O) groups is 2. The van der Waals surface area contributed by atoms with Gasteiger partial charge in [0.25, 0.3) is 0 Å². The molecule has 1 aromatic heterocycles. The summed E-state index contributed by atoms with van der Waals surface area (Å²) < 4.78 is 14.6. The molecule has 0 aliphatic rings. The molecule has 0 fully saturated rings. The van der Waals surface area contributed by atoms with Gasteiger partial charge in [-0.1, -0.05) is 0 Å². The summed E-state index contributed by atoms with van der Waals surface area (Å²) in [5.74, 6) is -0.0569. The third-order valence-electron chi connectivity index (χ3n) is 4.32. The minimum atomic E-state index is -1.06. The van der Waals surface area contributed by atoms with E-state index in [1.54, 1.807) is 55.0 Å². The molecule has 0 N–H and O–H groups in total. The van der Waals surface area contributed by atoms with Gasteiger partial charge in [-0.3, -0.25) is 0 Å². The zero-order valence-electron chi connectivity index (χ0n) is 15.2. The van der Waals surface area contributed by atoms with Gasteiger partial charge in [0.1, 0.15) is 0 Å². The average Bonchev–Trinajstić information content (AvgIpc) is 2.98. The van der Waals surface area contributed by atoms with Crippen LogP contribution in [0.15, 0.2) is 42.5 Å². The Morgan fingerprint density at radius 1 is 1.21 bits per heavy atom. The van der Waals surface area contributed by atoms with Crippen LogP contribution in [0.5, 0.6) is 5.75 Å². The molecule has 144 valence electrons. The first-order valence-electron chi connectivity index (χ1n) is 8.24. The number of carbonyl (C=O) groups excluding carboxylic acids is 2. The third-order valence-corrected chi connectivity index (χ3v) is 5.54. The second kappa shape index (κ2) is 8.67. The predicted octanol–water partition coefficient (Wildman–Crippen LogP) is 0.981. The van der Waals surface area contributed by atoms with Gasteiger partial charge >= 0.3 is 179 Å². The summed E-state index contributed by atoms with van der Waals surface area (Å²) in [4.78, 5) is 25.4. The van der Waals surface area contributed by atoms with E-state index in [9.17, 15) is 9.59 Å². The Bertz CT molecular complexity index is 1100. The van der Waals surface area contributed by atoms with Crippen molar-refractivity contribution in [2.45, 2.75) is 13.3 Å². The SMILES string of the molecule is C#C[I-]OC(=O)Cc1c(C)n(C(=O)c2ccc(Cl)cc2)c2cccc(OC)c12. The topological polar surface area (TPSA) is 57.5 Å². The number of methoxy groups -OCH3 is 1. The second-order valence-electron chi connectivity index (χ2n) is 5.88. The van der Waals surface area contributed by atoms with Crippen LogP contribution in [0.1, 0.15) is 21.6 Å². The van der Waals surface area contributed by atoms with Crippen LogP contribution in [-0.4, -0.2) is 23.6 Å². The molecule has 0 saturated carbocycles. The fraction of sp³-hybridized carbons (Fsp3) is 0.143. The fourth-order valence-electron chi connectivity index (χ4n) is 3.11. The minimum absolute atomic E-state index is 0.00496. The van der Waals surface area contributed by atoms with Crippen LogP contribution in [0.25, 0.3) is 10.9 Å². The van der Waals surface area contributed by atoms with E-state index < -0.39 is 27.6 Å². The Balaban J connectivity index is 2.17. The van der Waals surface area contributed by atoms with Gasteiger partial charge in [-0.15, -0.1) is 0 Å². The molecule has 0 saturated heterocycles. The molecule has 5 nitrogen and oxygen atoms in total. The van der Waals surface area contributed by atoms with Gasteiger partial charge in [0, 0.05) is 0 Å². The standard InChI is InChI=1S/C21H16ClINO4/c1-4-23-28-19(25)12-16-13(2)24(17-6-5-7-18(27-3)20(16)17)21(26)14-8-10-15(22)11-9-14/h1,5-11H,12H2,2-3H3/q-1. The molecule has 0 bridgehead atoms. The Morgan fingerprint density at radius 2 is 1.93 bits per heavy atom. The maximum absolute atomic E-state index is 13.2. The summed E-state index contributed by atoms with van der Waals surface area (Å²) in [6, 6.07) is 12.1. The quantitative estimate of drug-likeness (QED) is 0.381. The molecular weight excluding hydrogens is 493 g/mol. The first-order valence-corrected chi connectivity index (χ1v) is 10.6. The number of terminal acetylenes is 1. The molecule has 7 heteroatoms. The first-order chi connectivity index (χ1) is 13.5. The Morgan fingerprint density at radius 3 is 2.57 bits per heavy atom. The molecule has 28 heavy (non-hydrogen) atoms. The normalized spacial score (nSPS) is 10.6. The zero-order chi connectivity index (χ0) is 20.3. The van der Waals surface area contributed by atoms with Gasteiger partial charge in [-0.2, -0.15) is 0 Å². The molecule has 0 aliphatic heterocycles. The summed E-state index contributed by atoms with van der Waals surface area (Å²) in [6.45, 7) is 1.80. The predicted molar refractivity (Wildman–Crippen MR) is 103 cm³/mol. The molecule has 1 heterocycles. The molecule has 3 rings (SSSR count). The summed E-state index contributed by atoms with van der Waals surface area (Å²) in [7, 11) is 1.55. The van der Waals surface area contributed by atoms with Gasteiger partial charge in [0.05, 0.1) is 0 Å². The van der Waals surface area contributed by atoms with E-state index in [4.69, 9.17) is 25.8 Å². The van der Waals surface area contributed by atoms with Gasteiger partial charge < -0.3 is 0 Å². The number of hydrogen-bond donors (Lipinski definition) is 0. The van der Waals surface area contributed by atoms with E-state index >= 15 is 0 Å². The number of hydrogen-bond acceptors (Lipinski definition) is 4. The second-order valence-corrected chi connectivity index (χ2v) is 7.82. The van der Waals surface area contributed by atoms with Crippen molar-refractivity contribution in [2.75, 3.05) is 7.11 Å². The number of ether oxygens (including phenoxy) is 1. The number of rotatable bonds is 5. The van der Waals surface area contributed by atoms with E-state index in [1.165, 1.54) is 0 Å². The first kappa shape index (κ1) is 20.2. The van der Waals surface area contributed by atoms with E-state index in [1.807, 2.05) is 6.07 Å². The van der Waals surface area contributed by atoms with Crippen LogP contribution in [0.2, 0.25) is 5.02 Å². The van der Waals surface area contributed by atoms with Crippen LogP contribution in [0.3, 0.4) is 0 Å². The number of benzene rings is 2. The third kappa shape index (κ3) is 3.86. The van der Waals surface area contributed by atoms with E-state index in [0.29, 0.717) is 38.5 Å². The molecule has 0 aliphatic carbocycles. The summed E-state index contributed by atoms with van der Waals surface area (Å²) >= 11 is 4.87. The number of fused-ring (bicyclic) bond motifs is 1. The summed E-state index contributed by atoms with van der Waals surface area (Å²) in [5.41, 5.74) is 2.47. The molecule has 2 aromatic carbocycles. The van der Waals surface area contributed by atoms with Crippen molar-refractivity contribution in [1.29, 1.82) is 0 Å². The van der Waals surface area contributed by atoms with Crippen molar-refractivity contribution >= 4 is 34.4 Å². The van der Waals surface area contributed by atoms with Gasteiger partial charge in [-0.05, 0) is 0 Å². The molecule has 0 atom stereocenters. The van der Waals surface area contributed by atoms with Crippen LogP contribution in [0.4, 0.5) is 0 Å². The fourth-order valence-corrected chi connectivity index (χ4v) is 3.77. The molecule has 0 unspecified atom stereocenters. The van der Waals surface area contributed by atoms with Crippen LogP contribution >= 0.6 is 11.6 Å². The van der Waals surface area contributed by atoms with Crippen molar-refractivity contribution in [3.05, 3.63) is 64.3 Å². The zero-order valence-corrected chi connectivity index (χ0v) is 18.1. The van der Waals surface area contributed by atoms with Gasteiger partial charge in [0.15, 0.2) is 0 Å². The Kier molecular flexibility index (Phi) is 6.27. The van der Waals surface area contributed by atoms with Crippen molar-refractivity contribution in [2.24, 2.45) is 0 Å². The molecule has 3 aromatic rings. The van der Waals surface area contributed by atoms with Crippen LogP contribution in [-0.2, 0) is 14.3 Å². The summed E-state index contributed by atoms with van der Waals surface area (Å²) in [6.07, 6.45) is 5.20. The molecule has 0 spiro atoms. The van der Waals surface area contributed by atoms with Gasteiger partial charge in [-0.25, -0.2) is 0 Å². The number of aromatic nitrogens is 1. The van der Waals surface area contributed by atoms with E-state index in [0.717, 1.165) is 0 Å². The summed E-state index contributed by atoms with van der Waals surface area (Å²) in [5, 5.41) is 1.26. The Labute approximate surface area is 178 Å². The van der Waals surface area contributed by atoms with Crippen molar-refractivity contribution in [1.82, 2.24) is 4.57 Å². The van der Waals surface area contributed by atoms with Gasteiger partial charge in [0.2, 0.25) is 0 Å².